The summed E-state index contributed by atoms with van der Waals surface area (Å²) in [5.74, 6) is 0.00927. The van der Waals surface area contributed by atoms with Crippen LogP contribution in [0.25, 0.3) is 16.6 Å². The van der Waals surface area contributed by atoms with Gasteiger partial charge in [0, 0.05) is 32.5 Å². The van der Waals surface area contributed by atoms with Gasteiger partial charge in [0.15, 0.2) is 0 Å². The zero-order chi connectivity index (χ0) is 21.5. The van der Waals surface area contributed by atoms with E-state index in [2.05, 4.69) is 34.1 Å². The minimum atomic E-state index is -0.142. The van der Waals surface area contributed by atoms with E-state index in [1.807, 2.05) is 47.8 Å². The molecule has 1 aliphatic heterocycles. The number of piperidine rings is 1. The fourth-order valence-electron chi connectivity index (χ4n) is 4.62. The molecule has 4 aromatic rings. The maximum absolute atomic E-state index is 13.6. The quantitative estimate of drug-likeness (QED) is 0.546. The van der Waals surface area contributed by atoms with Crippen LogP contribution in [0.3, 0.4) is 0 Å². The van der Waals surface area contributed by atoms with E-state index < -0.39 is 0 Å². The normalized spacial score (nSPS) is 16.7. The average molecular weight is 415 g/mol. The van der Waals surface area contributed by atoms with Crippen molar-refractivity contribution in [3.63, 3.8) is 0 Å². The molecule has 6 heteroatoms. The lowest BCUT2D eigenvalue weighted by molar-refractivity contribution is 0.0612. The minimum absolute atomic E-state index is 0.00927. The topological polar surface area (TPSA) is 60.8 Å². The number of aromatic nitrogens is 2. The number of carbonyl (C=O) groups is 1. The van der Waals surface area contributed by atoms with E-state index in [1.165, 1.54) is 5.56 Å². The number of hydrogen-bond acceptors (Lipinski definition) is 3. The number of rotatable bonds is 3. The standard InChI is InChI=1S/C25H26N4O2/c1-27(2)19-12-10-17(11-13-19)21-8-5-6-14-28(21)25(31)18-15-23-26-24(30)20-7-3-4-9-22(20)29(23)16-18/h3-4,7,9-13,15-16,21H,5-6,8,14H2,1-2H3,(H,26,30). The van der Waals surface area contributed by atoms with Crippen LogP contribution in [0.15, 0.2) is 65.6 Å². The Kier molecular flexibility index (Phi) is 4.77. The van der Waals surface area contributed by atoms with Crippen LogP contribution in [0.2, 0.25) is 0 Å². The molecule has 2 aromatic carbocycles. The van der Waals surface area contributed by atoms with Gasteiger partial charge in [0.25, 0.3) is 11.5 Å². The van der Waals surface area contributed by atoms with Crippen LogP contribution in [0.5, 0.6) is 0 Å². The summed E-state index contributed by atoms with van der Waals surface area (Å²) >= 11 is 0. The zero-order valence-corrected chi connectivity index (χ0v) is 17.8. The van der Waals surface area contributed by atoms with Gasteiger partial charge in [-0.05, 0) is 55.2 Å². The van der Waals surface area contributed by atoms with Gasteiger partial charge in [-0.25, -0.2) is 0 Å². The number of hydrogen-bond donors (Lipinski definition) is 1. The van der Waals surface area contributed by atoms with Gasteiger partial charge in [-0.3, -0.25) is 9.59 Å². The van der Waals surface area contributed by atoms with Crippen molar-refractivity contribution < 1.29 is 4.79 Å². The fraction of sp³-hybridized carbons (Fsp3) is 0.280. The highest BCUT2D eigenvalue weighted by Crippen LogP contribution is 2.33. The smallest absolute Gasteiger partial charge is 0.258 e. The van der Waals surface area contributed by atoms with Gasteiger partial charge >= 0.3 is 0 Å². The molecule has 0 bridgehead atoms. The first-order chi connectivity index (χ1) is 15.0. The van der Waals surface area contributed by atoms with Crippen LogP contribution < -0.4 is 10.5 Å². The van der Waals surface area contributed by atoms with Crippen molar-refractivity contribution in [2.24, 2.45) is 0 Å². The van der Waals surface area contributed by atoms with Gasteiger partial charge in [-0.1, -0.05) is 24.3 Å². The molecule has 5 rings (SSSR count). The third-order valence-corrected chi connectivity index (χ3v) is 6.27. The Bertz CT molecular complexity index is 1320. The molecule has 0 spiro atoms. The minimum Gasteiger partial charge on any atom is -0.378 e. The predicted molar refractivity (Wildman–Crippen MR) is 124 cm³/mol. The Morgan fingerprint density at radius 1 is 1.06 bits per heavy atom. The predicted octanol–water partition coefficient (Wildman–Crippen LogP) is 4.21. The van der Waals surface area contributed by atoms with Gasteiger partial charge in [0.05, 0.1) is 22.5 Å². The Hall–Kier alpha value is -3.54. The number of nitrogens with one attached hydrogen (secondary N) is 1. The van der Waals surface area contributed by atoms with E-state index in [4.69, 9.17) is 0 Å². The summed E-state index contributed by atoms with van der Waals surface area (Å²) in [5, 5.41) is 0.612. The van der Waals surface area contributed by atoms with Crippen LogP contribution in [0.4, 0.5) is 5.69 Å². The summed E-state index contributed by atoms with van der Waals surface area (Å²) in [4.78, 5) is 32.9. The number of aromatic amines is 1. The van der Waals surface area contributed by atoms with Crippen molar-refractivity contribution in [2.75, 3.05) is 25.5 Å². The van der Waals surface area contributed by atoms with Gasteiger partial charge in [-0.2, -0.15) is 0 Å². The van der Waals surface area contributed by atoms with E-state index in [1.54, 1.807) is 12.1 Å². The zero-order valence-electron chi connectivity index (χ0n) is 17.8. The molecule has 0 radical (unpaired) electrons. The highest BCUT2D eigenvalue weighted by molar-refractivity contribution is 5.96. The van der Waals surface area contributed by atoms with Crippen molar-refractivity contribution in [3.8, 4) is 0 Å². The number of carbonyl (C=O) groups excluding carboxylic acids is 1. The Labute approximate surface area is 180 Å². The second kappa shape index (κ2) is 7.61. The molecule has 3 heterocycles. The summed E-state index contributed by atoms with van der Waals surface area (Å²) in [6.07, 6.45) is 4.92. The molecule has 1 saturated heterocycles. The molecule has 158 valence electrons. The molecular weight excluding hydrogens is 388 g/mol. The summed E-state index contributed by atoms with van der Waals surface area (Å²) < 4.78 is 1.90. The number of likely N-dealkylation sites (tertiary alicyclic amines) is 1. The number of fused-ring (bicyclic) bond motifs is 3. The molecule has 1 N–H and O–H groups in total. The Morgan fingerprint density at radius 2 is 1.84 bits per heavy atom. The Morgan fingerprint density at radius 3 is 2.61 bits per heavy atom. The highest BCUT2D eigenvalue weighted by atomic mass is 16.2. The van der Waals surface area contributed by atoms with Crippen molar-refractivity contribution in [1.82, 2.24) is 14.3 Å². The third-order valence-electron chi connectivity index (χ3n) is 6.27. The summed E-state index contributed by atoms with van der Waals surface area (Å²) in [5.41, 5.74) is 4.21. The number of anilines is 1. The van der Waals surface area contributed by atoms with Crippen LogP contribution in [0.1, 0.15) is 41.2 Å². The van der Waals surface area contributed by atoms with Crippen molar-refractivity contribution in [2.45, 2.75) is 25.3 Å². The second-order valence-corrected chi connectivity index (χ2v) is 8.45. The van der Waals surface area contributed by atoms with E-state index in [0.29, 0.717) is 16.6 Å². The average Bonchev–Trinajstić information content (AvgIpc) is 3.23. The largest absolute Gasteiger partial charge is 0.378 e. The number of amides is 1. The molecule has 1 fully saturated rings. The molecule has 6 nitrogen and oxygen atoms in total. The summed E-state index contributed by atoms with van der Waals surface area (Å²) in [6.45, 7) is 0.738. The molecular formula is C25H26N4O2. The molecule has 1 atom stereocenters. The molecule has 0 saturated carbocycles. The lowest BCUT2D eigenvalue weighted by atomic mass is 9.94. The van der Waals surface area contributed by atoms with Crippen LogP contribution >= 0.6 is 0 Å². The Balaban J connectivity index is 1.52. The second-order valence-electron chi connectivity index (χ2n) is 8.45. The van der Waals surface area contributed by atoms with Crippen molar-refractivity contribution >= 4 is 28.1 Å². The third kappa shape index (κ3) is 3.38. The van der Waals surface area contributed by atoms with Crippen molar-refractivity contribution in [3.05, 3.63) is 82.3 Å². The maximum Gasteiger partial charge on any atom is 0.258 e. The SMILES string of the molecule is CN(C)c1ccc(C2CCCCN2C(=O)c2cc3[nH]c(=O)c4ccccc4n3c2)cc1. The fourth-order valence-corrected chi connectivity index (χ4v) is 4.62. The van der Waals surface area contributed by atoms with E-state index in [9.17, 15) is 9.59 Å². The van der Waals surface area contributed by atoms with E-state index in [0.717, 1.165) is 37.0 Å². The van der Waals surface area contributed by atoms with Crippen LogP contribution in [-0.2, 0) is 0 Å². The van der Waals surface area contributed by atoms with Crippen LogP contribution in [-0.4, -0.2) is 40.8 Å². The number of para-hydroxylation sites is 1. The maximum atomic E-state index is 13.6. The van der Waals surface area contributed by atoms with E-state index in [-0.39, 0.29) is 17.5 Å². The molecule has 1 unspecified atom stereocenters. The van der Waals surface area contributed by atoms with Crippen LogP contribution in [0, 0.1) is 0 Å². The molecule has 1 aliphatic rings. The molecule has 31 heavy (non-hydrogen) atoms. The first-order valence-electron chi connectivity index (χ1n) is 10.7. The van der Waals surface area contributed by atoms with E-state index >= 15 is 0 Å². The monoisotopic (exact) mass is 414 g/mol. The lowest BCUT2D eigenvalue weighted by Gasteiger charge is -2.36. The number of nitrogens with zero attached hydrogens (tertiary/aromatic N) is 3. The molecule has 1 amide bonds. The first-order valence-corrected chi connectivity index (χ1v) is 10.7. The summed E-state index contributed by atoms with van der Waals surface area (Å²) in [6, 6.07) is 17.8. The molecule has 2 aromatic heterocycles. The molecule has 0 aliphatic carbocycles. The van der Waals surface area contributed by atoms with Crippen molar-refractivity contribution in [1.29, 1.82) is 0 Å². The first kappa shape index (κ1) is 19.4. The number of benzene rings is 2. The number of H-pyrrole nitrogens is 1. The van der Waals surface area contributed by atoms with Gasteiger partial charge < -0.3 is 19.2 Å². The highest BCUT2D eigenvalue weighted by Gasteiger charge is 2.29. The van der Waals surface area contributed by atoms with Gasteiger partial charge in [0.2, 0.25) is 0 Å². The summed E-state index contributed by atoms with van der Waals surface area (Å²) in [7, 11) is 4.05. The lowest BCUT2D eigenvalue weighted by Crippen LogP contribution is -2.38. The van der Waals surface area contributed by atoms with Gasteiger partial charge in [0.1, 0.15) is 5.65 Å². The van der Waals surface area contributed by atoms with Gasteiger partial charge in [-0.15, -0.1) is 0 Å².